The monoisotopic (exact) mass is 217 g/mol. The predicted molar refractivity (Wildman–Crippen MR) is 64.8 cm³/mol. The molecule has 84 valence electrons. The van der Waals surface area contributed by atoms with Crippen LogP contribution in [0.15, 0.2) is 0 Å². The molecule has 0 saturated heterocycles. The van der Waals surface area contributed by atoms with Crippen molar-refractivity contribution < 1.29 is 4.79 Å². The molecule has 0 rings (SSSR count). The molecule has 0 aromatic heterocycles. The van der Waals surface area contributed by atoms with E-state index >= 15 is 0 Å². The van der Waals surface area contributed by atoms with Gasteiger partial charge in [0.2, 0.25) is 5.91 Å². The van der Waals surface area contributed by atoms with Gasteiger partial charge in [-0.05, 0) is 32.1 Å². The Balaban J connectivity index is 3.62. The summed E-state index contributed by atoms with van der Waals surface area (Å²) < 4.78 is -0.568. The number of amides is 1. The van der Waals surface area contributed by atoms with Crippen LogP contribution in [0.25, 0.3) is 0 Å². The Labute approximate surface area is 93.3 Å². The lowest BCUT2D eigenvalue weighted by molar-refractivity contribution is -0.122. The minimum atomic E-state index is -0.568. The predicted octanol–water partition coefficient (Wildman–Crippen LogP) is 2.64. The summed E-state index contributed by atoms with van der Waals surface area (Å²) in [6.07, 6.45) is 2.15. The van der Waals surface area contributed by atoms with E-state index in [1.54, 1.807) is 13.8 Å². The summed E-state index contributed by atoms with van der Waals surface area (Å²) >= 11 is 4.20. The number of carbonyl (C=O) groups is 1. The largest absolute Gasteiger partial charge is 0.355 e. The Bertz CT molecular complexity index is 188. The fourth-order valence-electron chi connectivity index (χ4n) is 1.04. The Morgan fingerprint density at radius 2 is 1.71 bits per heavy atom. The lowest BCUT2D eigenvalue weighted by atomic mass is 9.91. The molecule has 3 heteroatoms. The van der Waals surface area contributed by atoms with Crippen molar-refractivity contribution in [3.8, 4) is 0 Å². The molecule has 1 N–H and O–H groups in total. The Morgan fingerprint density at radius 1 is 1.21 bits per heavy atom. The zero-order chi connectivity index (χ0) is 11.4. The molecule has 0 saturated carbocycles. The van der Waals surface area contributed by atoms with Gasteiger partial charge in [-0.25, -0.2) is 0 Å². The minimum Gasteiger partial charge on any atom is -0.355 e. The lowest BCUT2D eigenvalue weighted by Crippen LogP contribution is -2.38. The van der Waals surface area contributed by atoms with Gasteiger partial charge < -0.3 is 5.32 Å². The molecule has 0 unspecified atom stereocenters. The van der Waals surface area contributed by atoms with Crippen molar-refractivity contribution in [1.82, 2.24) is 5.32 Å². The number of rotatable bonds is 4. The van der Waals surface area contributed by atoms with E-state index in [1.807, 2.05) is 0 Å². The maximum absolute atomic E-state index is 11.4. The maximum atomic E-state index is 11.4. The van der Waals surface area contributed by atoms with Crippen molar-refractivity contribution in [1.29, 1.82) is 0 Å². The maximum Gasteiger partial charge on any atom is 0.235 e. The molecule has 0 radical (unpaired) electrons. The second kappa shape index (κ2) is 5.06. The molecule has 0 fully saturated rings. The molecule has 0 bridgehead atoms. The summed E-state index contributed by atoms with van der Waals surface area (Å²) in [5.41, 5.74) is 0.348. The van der Waals surface area contributed by atoms with Gasteiger partial charge in [0, 0.05) is 6.54 Å². The molecular weight excluding hydrogens is 194 g/mol. The highest BCUT2D eigenvalue weighted by Crippen LogP contribution is 2.20. The number of hydrogen-bond donors (Lipinski definition) is 2. The van der Waals surface area contributed by atoms with Crippen molar-refractivity contribution in [2.45, 2.75) is 52.2 Å². The highest BCUT2D eigenvalue weighted by molar-refractivity contribution is 7.82. The van der Waals surface area contributed by atoms with Gasteiger partial charge in [-0.2, -0.15) is 12.6 Å². The Morgan fingerprint density at radius 3 is 2.07 bits per heavy atom. The first-order valence-electron chi connectivity index (χ1n) is 5.13. The van der Waals surface area contributed by atoms with E-state index < -0.39 is 4.75 Å². The summed E-state index contributed by atoms with van der Waals surface area (Å²) in [5, 5.41) is 2.88. The van der Waals surface area contributed by atoms with Gasteiger partial charge in [0.25, 0.3) is 0 Å². The number of carbonyl (C=O) groups excluding carboxylic acids is 1. The molecule has 0 spiro atoms. The summed E-state index contributed by atoms with van der Waals surface area (Å²) in [7, 11) is 0. The highest BCUT2D eigenvalue weighted by Gasteiger charge is 2.21. The van der Waals surface area contributed by atoms with E-state index in [9.17, 15) is 4.79 Å². The van der Waals surface area contributed by atoms with E-state index in [-0.39, 0.29) is 5.91 Å². The van der Waals surface area contributed by atoms with Crippen LogP contribution in [0.1, 0.15) is 47.5 Å². The first-order chi connectivity index (χ1) is 6.13. The van der Waals surface area contributed by atoms with Gasteiger partial charge in [-0.3, -0.25) is 4.79 Å². The Hall–Kier alpha value is -0.180. The third kappa shape index (κ3) is 7.25. The van der Waals surface area contributed by atoms with Crippen LogP contribution < -0.4 is 5.32 Å². The van der Waals surface area contributed by atoms with Crippen LogP contribution >= 0.6 is 12.6 Å². The average Bonchev–Trinajstić information content (AvgIpc) is 1.93. The zero-order valence-corrected chi connectivity index (χ0v) is 10.9. The van der Waals surface area contributed by atoms with Gasteiger partial charge in [0.15, 0.2) is 0 Å². The van der Waals surface area contributed by atoms with Crippen molar-refractivity contribution in [3.63, 3.8) is 0 Å². The van der Waals surface area contributed by atoms with E-state index in [0.717, 1.165) is 19.4 Å². The normalized spacial score (nSPS) is 12.7. The van der Waals surface area contributed by atoms with E-state index in [0.29, 0.717) is 5.41 Å². The molecule has 2 nitrogen and oxygen atoms in total. The topological polar surface area (TPSA) is 29.1 Å². The van der Waals surface area contributed by atoms with E-state index in [1.165, 1.54) is 0 Å². The summed E-state index contributed by atoms with van der Waals surface area (Å²) in [6.45, 7) is 11.0. The number of nitrogens with one attached hydrogen (secondary N) is 1. The lowest BCUT2D eigenvalue weighted by Gasteiger charge is -2.20. The molecule has 0 atom stereocenters. The Kier molecular flexibility index (Phi) is 4.99. The fraction of sp³-hybridized carbons (Fsp3) is 0.909. The molecule has 0 aliphatic carbocycles. The third-order valence-electron chi connectivity index (χ3n) is 1.94. The molecular formula is C11H23NOS. The minimum absolute atomic E-state index is 0.00902. The molecule has 0 aromatic rings. The van der Waals surface area contributed by atoms with Crippen LogP contribution in [-0.2, 0) is 4.79 Å². The van der Waals surface area contributed by atoms with Gasteiger partial charge >= 0.3 is 0 Å². The average molecular weight is 217 g/mol. The molecule has 1 amide bonds. The van der Waals surface area contributed by atoms with Crippen molar-refractivity contribution in [2.24, 2.45) is 5.41 Å². The quantitative estimate of drug-likeness (QED) is 0.550. The summed E-state index contributed by atoms with van der Waals surface area (Å²) in [5.74, 6) is 0.00902. The molecule has 0 aliphatic rings. The summed E-state index contributed by atoms with van der Waals surface area (Å²) in [6, 6.07) is 0. The van der Waals surface area contributed by atoms with Gasteiger partial charge in [-0.15, -0.1) is 0 Å². The number of thiol groups is 1. The smallest absolute Gasteiger partial charge is 0.235 e. The van der Waals surface area contributed by atoms with Gasteiger partial charge in [0.1, 0.15) is 0 Å². The SMILES string of the molecule is CC(C)(C)CCCNC(=O)C(C)(C)S. The third-order valence-corrected chi connectivity index (χ3v) is 2.15. The fourth-order valence-corrected chi connectivity index (χ4v) is 1.12. The van der Waals surface area contributed by atoms with Crippen molar-refractivity contribution in [2.75, 3.05) is 6.54 Å². The van der Waals surface area contributed by atoms with Crippen LogP contribution in [0.4, 0.5) is 0 Å². The van der Waals surface area contributed by atoms with Gasteiger partial charge in [-0.1, -0.05) is 20.8 Å². The molecule has 0 heterocycles. The van der Waals surface area contributed by atoms with Crippen LogP contribution in [-0.4, -0.2) is 17.2 Å². The second-order valence-electron chi connectivity index (χ2n) is 5.48. The van der Waals surface area contributed by atoms with Crippen molar-refractivity contribution in [3.05, 3.63) is 0 Å². The molecule has 14 heavy (non-hydrogen) atoms. The molecule has 0 aromatic carbocycles. The van der Waals surface area contributed by atoms with Crippen LogP contribution in [0, 0.1) is 5.41 Å². The van der Waals surface area contributed by atoms with E-state index in [2.05, 4.69) is 38.7 Å². The standard InChI is InChI=1S/C11H23NOS/c1-10(2,3)7-6-8-12-9(13)11(4,5)14/h14H,6-8H2,1-5H3,(H,12,13). The zero-order valence-electron chi connectivity index (χ0n) is 9.98. The van der Waals surface area contributed by atoms with Crippen LogP contribution in [0.3, 0.4) is 0 Å². The van der Waals surface area contributed by atoms with E-state index in [4.69, 9.17) is 0 Å². The first kappa shape index (κ1) is 13.8. The van der Waals surface area contributed by atoms with Crippen LogP contribution in [0.5, 0.6) is 0 Å². The summed E-state index contributed by atoms with van der Waals surface area (Å²) in [4.78, 5) is 11.4. The van der Waals surface area contributed by atoms with Crippen molar-refractivity contribution >= 4 is 18.5 Å². The first-order valence-corrected chi connectivity index (χ1v) is 5.58. The van der Waals surface area contributed by atoms with Gasteiger partial charge in [0.05, 0.1) is 4.75 Å². The van der Waals surface area contributed by atoms with Crippen LogP contribution in [0.2, 0.25) is 0 Å². The number of hydrogen-bond acceptors (Lipinski definition) is 2. The second-order valence-corrected chi connectivity index (χ2v) is 6.60. The molecule has 0 aliphatic heterocycles. The highest BCUT2D eigenvalue weighted by atomic mass is 32.1.